The van der Waals surface area contributed by atoms with Crippen LogP contribution < -0.4 is 0 Å². The second-order valence-corrected chi connectivity index (χ2v) is 20.9. The van der Waals surface area contributed by atoms with Crippen molar-refractivity contribution >= 4 is 17.9 Å². The number of rotatable bonds is 57. The second kappa shape index (κ2) is 62.9. The highest BCUT2D eigenvalue weighted by molar-refractivity contribution is 5.71. The minimum absolute atomic E-state index is 0.0901. The van der Waals surface area contributed by atoms with Crippen LogP contribution in [0.1, 0.15) is 303 Å². The molecule has 0 saturated heterocycles. The molecule has 0 N–H and O–H groups in total. The number of carbonyl (C=O) groups is 3. The van der Waals surface area contributed by atoms with Crippen LogP contribution in [0.15, 0.2) is 97.2 Å². The van der Waals surface area contributed by atoms with E-state index in [1.54, 1.807) is 0 Å². The van der Waals surface area contributed by atoms with Gasteiger partial charge in [0.1, 0.15) is 13.2 Å². The van der Waals surface area contributed by atoms with Crippen molar-refractivity contribution in [1.82, 2.24) is 0 Å². The summed E-state index contributed by atoms with van der Waals surface area (Å²) in [6.07, 6.45) is 84.2. The Balaban J connectivity index is 4.35. The summed E-state index contributed by atoms with van der Waals surface area (Å²) in [5.74, 6) is -0.921. The highest BCUT2D eigenvalue weighted by Crippen LogP contribution is 2.16. The van der Waals surface area contributed by atoms with Crippen molar-refractivity contribution in [3.8, 4) is 0 Å². The SMILES string of the molecule is CC/C=C\C/C=C\C/C=C\C/C=C\CCCCCCCCCCC(=O)OC(COC(=O)CCCCC/C=C\C/C=C\C/C=C\CC)COC(=O)CCCCCCCCCCCCC/C=C\CCCCCCCCCC. The average molecular weight is 1040 g/mol. The molecule has 0 aliphatic carbocycles. The molecule has 0 heterocycles. The van der Waals surface area contributed by atoms with E-state index in [0.717, 1.165) is 116 Å². The molecule has 0 spiro atoms. The van der Waals surface area contributed by atoms with E-state index < -0.39 is 6.10 Å². The van der Waals surface area contributed by atoms with E-state index in [-0.39, 0.29) is 31.1 Å². The van der Waals surface area contributed by atoms with E-state index in [1.165, 1.54) is 148 Å². The zero-order valence-electron chi connectivity index (χ0n) is 49.3. The van der Waals surface area contributed by atoms with Gasteiger partial charge in [-0.05, 0) is 116 Å². The normalized spacial score (nSPS) is 12.7. The van der Waals surface area contributed by atoms with E-state index in [1.807, 2.05) is 0 Å². The molecule has 430 valence electrons. The van der Waals surface area contributed by atoms with Crippen LogP contribution in [0.5, 0.6) is 0 Å². The Morgan fingerprint density at radius 1 is 0.280 bits per heavy atom. The van der Waals surface area contributed by atoms with Crippen LogP contribution in [-0.2, 0) is 28.6 Å². The number of hydrogen-bond acceptors (Lipinski definition) is 6. The summed E-state index contributed by atoms with van der Waals surface area (Å²) < 4.78 is 16.9. The van der Waals surface area contributed by atoms with E-state index >= 15 is 0 Å². The van der Waals surface area contributed by atoms with Gasteiger partial charge in [0.25, 0.3) is 0 Å². The van der Waals surface area contributed by atoms with Gasteiger partial charge in [-0.15, -0.1) is 0 Å². The van der Waals surface area contributed by atoms with Gasteiger partial charge in [-0.25, -0.2) is 0 Å². The molecule has 0 amide bonds. The number of carbonyl (C=O) groups excluding carboxylic acids is 3. The van der Waals surface area contributed by atoms with Crippen molar-refractivity contribution in [2.45, 2.75) is 309 Å². The van der Waals surface area contributed by atoms with Crippen LogP contribution in [0.4, 0.5) is 0 Å². The number of hydrogen-bond donors (Lipinski definition) is 0. The largest absolute Gasteiger partial charge is 0.462 e. The lowest BCUT2D eigenvalue weighted by Gasteiger charge is -2.18. The minimum Gasteiger partial charge on any atom is -0.462 e. The highest BCUT2D eigenvalue weighted by Gasteiger charge is 2.19. The first-order valence-corrected chi connectivity index (χ1v) is 31.7. The maximum atomic E-state index is 12.9. The summed E-state index contributed by atoms with van der Waals surface area (Å²) in [5.41, 5.74) is 0. The molecular weight excluding hydrogens is 925 g/mol. The van der Waals surface area contributed by atoms with Crippen LogP contribution in [0.25, 0.3) is 0 Å². The Kier molecular flexibility index (Phi) is 59.8. The van der Waals surface area contributed by atoms with E-state index in [4.69, 9.17) is 14.2 Å². The maximum absolute atomic E-state index is 12.9. The monoisotopic (exact) mass is 1040 g/mol. The zero-order chi connectivity index (χ0) is 54.3. The van der Waals surface area contributed by atoms with Gasteiger partial charge in [-0.1, -0.05) is 266 Å². The second-order valence-electron chi connectivity index (χ2n) is 20.9. The van der Waals surface area contributed by atoms with Crippen molar-refractivity contribution in [3.05, 3.63) is 97.2 Å². The van der Waals surface area contributed by atoms with Gasteiger partial charge >= 0.3 is 17.9 Å². The van der Waals surface area contributed by atoms with Gasteiger partial charge in [-0.2, -0.15) is 0 Å². The fraction of sp³-hybridized carbons (Fsp3) is 0.725. The Hall–Kier alpha value is -3.67. The molecule has 75 heavy (non-hydrogen) atoms. The van der Waals surface area contributed by atoms with Gasteiger partial charge in [-0.3, -0.25) is 14.4 Å². The topological polar surface area (TPSA) is 78.9 Å². The van der Waals surface area contributed by atoms with Crippen molar-refractivity contribution in [3.63, 3.8) is 0 Å². The molecule has 0 aliphatic rings. The molecule has 6 heteroatoms. The molecule has 1 atom stereocenters. The number of ether oxygens (including phenoxy) is 3. The summed E-state index contributed by atoms with van der Waals surface area (Å²) in [7, 11) is 0. The van der Waals surface area contributed by atoms with Crippen molar-refractivity contribution in [2.75, 3.05) is 13.2 Å². The third-order valence-electron chi connectivity index (χ3n) is 13.6. The molecule has 0 fully saturated rings. The summed E-state index contributed by atoms with van der Waals surface area (Å²) in [6.45, 7) is 6.41. The standard InChI is InChI=1S/C69H118O6/c1-4-7-10-13-16-19-22-25-27-29-31-33-34-36-37-39-41-44-47-50-53-56-59-62-68(71)74-65-66(64-73-67(70)61-58-55-52-49-46-43-24-21-18-15-12-9-6-3)75-69(72)63-60-57-54-51-48-45-42-40-38-35-32-30-28-26-23-20-17-14-11-8-5-2/h8-9,11-12,17-18,20-21,26,28-29,31-32,35,43,46,66H,4-7,10,13-16,19,22-25,27,30,33-34,36-42,44-45,47-65H2,1-3H3/b11-8-,12-9-,20-17-,21-18-,28-26-,31-29-,35-32-,46-43-. The first-order chi connectivity index (χ1) is 37.0. The van der Waals surface area contributed by atoms with Crippen LogP contribution in [0.2, 0.25) is 0 Å². The lowest BCUT2D eigenvalue weighted by Crippen LogP contribution is -2.30. The molecule has 6 nitrogen and oxygen atoms in total. The molecule has 0 bridgehead atoms. The number of allylic oxidation sites excluding steroid dienone is 16. The predicted octanol–water partition coefficient (Wildman–Crippen LogP) is 21.7. The molecule has 0 aromatic rings. The Labute approximate surface area is 464 Å². The zero-order valence-corrected chi connectivity index (χ0v) is 49.3. The highest BCUT2D eigenvalue weighted by atomic mass is 16.6. The third kappa shape index (κ3) is 61.1. The fourth-order valence-corrected chi connectivity index (χ4v) is 8.86. The van der Waals surface area contributed by atoms with Crippen LogP contribution in [0, 0.1) is 0 Å². The van der Waals surface area contributed by atoms with Crippen molar-refractivity contribution < 1.29 is 28.6 Å². The van der Waals surface area contributed by atoms with Crippen LogP contribution >= 0.6 is 0 Å². The Morgan fingerprint density at radius 3 is 0.840 bits per heavy atom. The molecule has 0 saturated carbocycles. The van der Waals surface area contributed by atoms with Crippen LogP contribution in [0.3, 0.4) is 0 Å². The van der Waals surface area contributed by atoms with Gasteiger partial charge in [0, 0.05) is 19.3 Å². The molecule has 0 aromatic heterocycles. The Bertz CT molecular complexity index is 1480. The van der Waals surface area contributed by atoms with Gasteiger partial charge in [0.05, 0.1) is 0 Å². The minimum atomic E-state index is -0.796. The molecule has 1 unspecified atom stereocenters. The molecule has 0 radical (unpaired) electrons. The lowest BCUT2D eigenvalue weighted by atomic mass is 10.0. The Morgan fingerprint density at radius 2 is 0.520 bits per heavy atom. The van der Waals surface area contributed by atoms with Gasteiger partial charge in [0.15, 0.2) is 6.10 Å². The number of esters is 3. The quantitative estimate of drug-likeness (QED) is 0.0261. The molecule has 0 aliphatic heterocycles. The average Bonchev–Trinajstić information content (AvgIpc) is 3.41. The first kappa shape index (κ1) is 71.3. The fourth-order valence-electron chi connectivity index (χ4n) is 8.86. The smallest absolute Gasteiger partial charge is 0.306 e. The summed E-state index contributed by atoms with van der Waals surface area (Å²) in [6, 6.07) is 0. The lowest BCUT2D eigenvalue weighted by molar-refractivity contribution is -0.167. The summed E-state index contributed by atoms with van der Waals surface area (Å²) >= 11 is 0. The van der Waals surface area contributed by atoms with E-state index in [2.05, 4.69) is 118 Å². The van der Waals surface area contributed by atoms with Gasteiger partial charge < -0.3 is 14.2 Å². The predicted molar refractivity (Wildman–Crippen MR) is 325 cm³/mol. The molecule has 0 rings (SSSR count). The maximum Gasteiger partial charge on any atom is 0.306 e. The van der Waals surface area contributed by atoms with Crippen molar-refractivity contribution in [1.29, 1.82) is 0 Å². The summed E-state index contributed by atoms with van der Waals surface area (Å²) in [5, 5.41) is 0. The first-order valence-electron chi connectivity index (χ1n) is 31.7. The third-order valence-corrected chi connectivity index (χ3v) is 13.6. The molecular formula is C69H118O6. The van der Waals surface area contributed by atoms with Crippen molar-refractivity contribution in [2.24, 2.45) is 0 Å². The van der Waals surface area contributed by atoms with Crippen LogP contribution in [-0.4, -0.2) is 37.2 Å². The van der Waals surface area contributed by atoms with Gasteiger partial charge in [0.2, 0.25) is 0 Å². The summed E-state index contributed by atoms with van der Waals surface area (Å²) in [4.78, 5) is 38.3. The van der Waals surface area contributed by atoms with E-state index in [0.29, 0.717) is 19.3 Å². The number of unbranched alkanes of at least 4 members (excludes halogenated alkanes) is 30. The van der Waals surface area contributed by atoms with E-state index in [9.17, 15) is 14.4 Å². The molecule has 0 aromatic carbocycles.